The van der Waals surface area contributed by atoms with E-state index < -0.39 is 0 Å². The molecular weight excluding hydrogens is 324 g/mol. The second-order valence-electron chi connectivity index (χ2n) is 4.96. The third-order valence-electron chi connectivity index (χ3n) is 3.00. The standard InChI is InChI=1S/C18H28N2O2.C2H6.C2H4/c1-5-9-16(10-6-2)14(3)13-17(15(4)21)18(22)20-12-8-7-11-19;2*1-2/h5,9-10,13H,3,6-8,11-12,19H2,1-2,4H3,(H,20,22);1-2H3;1-2H2/b9-5-,16-10+,17-13+;;. The highest BCUT2D eigenvalue weighted by molar-refractivity contribution is 6.18. The summed E-state index contributed by atoms with van der Waals surface area (Å²) in [5.74, 6) is -0.629. The number of carbonyl (C=O) groups excluding carboxylic acids is 2. The molecule has 0 aromatic carbocycles. The molecule has 0 aromatic heterocycles. The molecule has 148 valence electrons. The molecule has 26 heavy (non-hydrogen) atoms. The first-order valence-corrected chi connectivity index (χ1v) is 9.20. The SMILES string of the molecule is C=C.C=C(/C=C(\C(C)=O)C(=O)NCCCCN)C(/C=C\C)=C/CC.CC. The maximum Gasteiger partial charge on any atom is 0.254 e. The maximum absolute atomic E-state index is 12.1. The average Bonchev–Trinajstić information content (AvgIpc) is 2.65. The summed E-state index contributed by atoms with van der Waals surface area (Å²) < 4.78 is 0. The number of rotatable bonds is 10. The second-order valence-corrected chi connectivity index (χ2v) is 4.96. The Kier molecular flexibility index (Phi) is 22.9. The van der Waals surface area contributed by atoms with Crippen molar-refractivity contribution in [3.63, 3.8) is 0 Å². The van der Waals surface area contributed by atoms with Gasteiger partial charge in [0.1, 0.15) is 0 Å². The van der Waals surface area contributed by atoms with Crippen LogP contribution < -0.4 is 11.1 Å². The Morgan fingerprint density at radius 1 is 1.15 bits per heavy atom. The number of hydrogen-bond acceptors (Lipinski definition) is 3. The minimum atomic E-state index is -0.359. The predicted molar refractivity (Wildman–Crippen MR) is 115 cm³/mol. The fourth-order valence-corrected chi connectivity index (χ4v) is 1.86. The Hall–Kier alpha value is -2.20. The zero-order valence-corrected chi connectivity index (χ0v) is 17.4. The van der Waals surface area contributed by atoms with Crippen molar-refractivity contribution in [2.24, 2.45) is 5.73 Å². The van der Waals surface area contributed by atoms with E-state index in [1.54, 1.807) is 6.08 Å². The lowest BCUT2D eigenvalue weighted by Gasteiger charge is -2.08. The quantitative estimate of drug-likeness (QED) is 0.148. The highest BCUT2D eigenvalue weighted by Crippen LogP contribution is 2.15. The zero-order valence-electron chi connectivity index (χ0n) is 17.4. The summed E-state index contributed by atoms with van der Waals surface area (Å²) in [6.07, 6.45) is 9.88. The molecule has 0 fully saturated rings. The van der Waals surface area contributed by atoms with Crippen molar-refractivity contribution in [2.45, 2.75) is 53.9 Å². The largest absolute Gasteiger partial charge is 0.352 e. The van der Waals surface area contributed by atoms with Crippen molar-refractivity contribution in [1.82, 2.24) is 5.32 Å². The van der Waals surface area contributed by atoms with Crippen LogP contribution in [0.3, 0.4) is 0 Å². The number of hydrogen-bond donors (Lipinski definition) is 2. The lowest BCUT2D eigenvalue weighted by Crippen LogP contribution is -2.29. The van der Waals surface area contributed by atoms with Gasteiger partial charge in [-0.05, 0) is 56.9 Å². The summed E-state index contributed by atoms with van der Waals surface area (Å²) in [6, 6.07) is 0. The Labute approximate surface area is 160 Å². The number of ketones is 1. The minimum absolute atomic E-state index is 0.129. The van der Waals surface area contributed by atoms with Crippen LogP contribution in [0.1, 0.15) is 53.9 Å². The molecule has 0 aliphatic carbocycles. The van der Waals surface area contributed by atoms with Crippen molar-refractivity contribution in [3.8, 4) is 0 Å². The van der Waals surface area contributed by atoms with Crippen molar-refractivity contribution >= 4 is 11.7 Å². The minimum Gasteiger partial charge on any atom is -0.352 e. The lowest BCUT2D eigenvalue weighted by molar-refractivity contribution is -0.121. The van der Waals surface area contributed by atoms with Crippen LogP contribution in [0.15, 0.2) is 60.8 Å². The van der Waals surface area contributed by atoms with Crippen molar-refractivity contribution < 1.29 is 9.59 Å². The topological polar surface area (TPSA) is 72.2 Å². The molecule has 0 bridgehead atoms. The van der Waals surface area contributed by atoms with E-state index >= 15 is 0 Å². The van der Waals surface area contributed by atoms with E-state index in [0.717, 1.165) is 24.8 Å². The van der Waals surface area contributed by atoms with Gasteiger partial charge in [-0.1, -0.05) is 45.6 Å². The number of amides is 1. The van der Waals surface area contributed by atoms with Gasteiger partial charge in [0.15, 0.2) is 5.78 Å². The Morgan fingerprint density at radius 2 is 1.73 bits per heavy atom. The van der Waals surface area contributed by atoms with Crippen LogP contribution in [0, 0.1) is 0 Å². The molecule has 0 saturated carbocycles. The predicted octanol–water partition coefficient (Wildman–Crippen LogP) is 4.65. The Bertz CT molecular complexity index is 500. The molecule has 0 spiro atoms. The highest BCUT2D eigenvalue weighted by atomic mass is 16.2. The summed E-state index contributed by atoms with van der Waals surface area (Å²) in [4.78, 5) is 23.8. The highest BCUT2D eigenvalue weighted by Gasteiger charge is 2.14. The third-order valence-corrected chi connectivity index (χ3v) is 3.00. The second kappa shape index (κ2) is 20.8. The zero-order chi connectivity index (χ0) is 21.0. The van der Waals surface area contributed by atoms with Crippen LogP contribution in [-0.4, -0.2) is 24.8 Å². The van der Waals surface area contributed by atoms with Gasteiger partial charge in [-0.15, -0.1) is 13.2 Å². The summed E-state index contributed by atoms with van der Waals surface area (Å²) in [5, 5.41) is 2.74. The molecule has 0 unspecified atom stereocenters. The summed E-state index contributed by atoms with van der Waals surface area (Å²) in [5.41, 5.74) is 7.11. The molecule has 0 aromatic rings. The van der Waals surface area contributed by atoms with Gasteiger partial charge in [-0.2, -0.15) is 0 Å². The van der Waals surface area contributed by atoms with E-state index in [0.29, 0.717) is 18.7 Å². The summed E-state index contributed by atoms with van der Waals surface area (Å²) in [6.45, 7) is 20.4. The smallest absolute Gasteiger partial charge is 0.254 e. The van der Waals surface area contributed by atoms with Crippen molar-refractivity contribution in [1.29, 1.82) is 0 Å². The van der Waals surface area contributed by atoms with Crippen LogP contribution in [0.5, 0.6) is 0 Å². The van der Waals surface area contributed by atoms with Crippen LogP contribution in [-0.2, 0) is 9.59 Å². The van der Waals surface area contributed by atoms with Gasteiger partial charge in [0.05, 0.1) is 5.57 Å². The van der Waals surface area contributed by atoms with Crippen LogP contribution >= 0.6 is 0 Å². The number of unbranched alkanes of at least 4 members (excludes halogenated alkanes) is 1. The number of nitrogens with two attached hydrogens (primary N) is 1. The first-order valence-electron chi connectivity index (χ1n) is 9.20. The van der Waals surface area contributed by atoms with E-state index in [4.69, 9.17) is 5.73 Å². The molecule has 0 atom stereocenters. The van der Waals surface area contributed by atoms with E-state index in [-0.39, 0.29) is 17.3 Å². The van der Waals surface area contributed by atoms with E-state index in [1.165, 1.54) is 6.92 Å². The van der Waals surface area contributed by atoms with Gasteiger partial charge in [-0.3, -0.25) is 9.59 Å². The molecule has 0 rings (SSSR count). The van der Waals surface area contributed by atoms with Crippen molar-refractivity contribution in [2.75, 3.05) is 13.1 Å². The summed E-state index contributed by atoms with van der Waals surface area (Å²) in [7, 11) is 0. The van der Waals surface area contributed by atoms with Gasteiger partial charge in [-0.25, -0.2) is 0 Å². The lowest BCUT2D eigenvalue weighted by atomic mass is 10.0. The fourth-order valence-electron chi connectivity index (χ4n) is 1.86. The first kappa shape index (κ1) is 28.6. The third kappa shape index (κ3) is 14.2. The summed E-state index contributed by atoms with van der Waals surface area (Å²) >= 11 is 0. The number of allylic oxidation sites excluding steroid dienone is 6. The Morgan fingerprint density at radius 3 is 2.15 bits per heavy atom. The molecule has 0 radical (unpaired) electrons. The molecule has 4 heteroatoms. The van der Waals surface area contributed by atoms with E-state index in [1.807, 2.05) is 45.9 Å². The van der Waals surface area contributed by atoms with E-state index in [9.17, 15) is 9.59 Å². The molecule has 4 nitrogen and oxygen atoms in total. The van der Waals surface area contributed by atoms with Gasteiger partial charge in [0.2, 0.25) is 0 Å². The molecule has 0 heterocycles. The molecule has 0 aliphatic heterocycles. The normalized spacial score (nSPS) is 11.0. The van der Waals surface area contributed by atoms with Crippen LogP contribution in [0.2, 0.25) is 0 Å². The number of carbonyl (C=O) groups is 2. The fraction of sp³-hybridized carbons (Fsp3) is 0.455. The van der Waals surface area contributed by atoms with Crippen LogP contribution in [0.25, 0.3) is 0 Å². The molecule has 3 N–H and O–H groups in total. The molecule has 0 aliphatic rings. The van der Waals surface area contributed by atoms with Gasteiger partial charge in [0, 0.05) is 6.54 Å². The molecular formula is C22H38N2O2. The monoisotopic (exact) mass is 362 g/mol. The average molecular weight is 363 g/mol. The van der Waals surface area contributed by atoms with Gasteiger partial charge >= 0.3 is 0 Å². The number of nitrogens with one attached hydrogen (secondary N) is 1. The number of Topliss-reactive ketones (excluding diaryl/α,β-unsaturated/α-hetero) is 1. The van der Waals surface area contributed by atoms with E-state index in [2.05, 4.69) is 25.1 Å². The maximum atomic E-state index is 12.1. The van der Waals surface area contributed by atoms with Gasteiger partial charge < -0.3 is 11.1 Å². The molecule has 1 amide bonds. The molecule has 0 saturated heterocycles. The Balaban J connectivity index is -0.00000123. The first-order chi connectivity index (χ1) is 12.5. The van der Waals surface area contributed by atoms with Gasteiger partial charge in [0.25, 0.3) is 5.91 Å². The van der Waals surface area contributed by atoms with Crippen molar-refractivity contribution in [3.05, 3.63) is 60.8 Å². The van der Waals surface area contributed by atoms with Crippen LogP contribution in [0.4, 0.5) is 0 Å².